The van der Waals surface area contributed by atoms with E-state index >= 15 is 0 Å². The fraction of sp³-hybridized carbons (Fsp3) is 0.286. The van der Waals surface area contributed by atoms with Gasteiger partial charge in [0.25, 0.3) is 0 Å². The molecular formula is C70H80N2. The number of anilines is 4. The van der Waals surface area contributed by atoms with Crippen LogP contribution in [0.25, 0.3) is 35.4 Å². The summed E-state index contributed by atoms with van der Waals surface area (Å²) >= 11 is 0. The highest BCUT2D eigenvalue weighted by atomic mass is 15.1. The Morgan fingerprint density at radius 3 is 1.18 bits per heavy atom. The van der Waals surface area contributed by atoms with Crippen LogP contribution in [0.3, 0.4) is 0 Å². The molecule has 2 nitrogen and oxygen atoms in total. The van der Waals surface area contributed by atoms with Gasteiger partial charge in [-0.15, -0.1) is 0 Å². The van der Waals surface area contributed by atoms with Crippen LogP contribution in [-0.2, 0) is 18.3 Å². The number of hydrogen-bond donors (Lipinski definition) is 0. The van der Waals surface area contributed by atoms with Crippen molar-refractivity contribution in [2.45, 2.75) is 120 Å². The van der Waals surface area contributed by atoms with Crippen molar-refractivity contribution in [2.24, 2.45) is 0 Å². The van der Waals surface area contributed by atoms with Crippen molar-refractivity contribution in [1.82, 2.24) is 0 Å². The number of allylic oxidation sites excluding steroid dienone is 4. The lowest BCUT2D eigenvalue weighted by atomic mass is 9.73. The predicted molar refractivity (Wildman–Crippen MR) is 319 cm³/mol. The molecule has 7 aromatic carbocycles. The number of benzene rings is 7. The average molecular weight is 949 g/mol. The number of aryl methyl sites for hydroxylation is 6. The molecule has 1 aliphatic carbocycles. The van der Waals surface area contributed by atoms with E-state index in [1.807, 2.05) is 38.2 Å². The maximum Gasteiger partial charge on any atom is 0.0443 e. The van der Waals surface area contributed by atoms with Gasteiger partial charge >= 0.3 is 0 Å². The summed E-state index contributed by atoms with van der Waals surface area (Å²) in [6, 6.07) is 54.2. The molecule has 0 spiro atoms. The zero-order chi connectivity index (χ0) is 51.0. The van der Waals surface area contributed by atoms with Crippen LogP contribution in [0.5, 0.6) is 0 Å². The second-order valence-corrected chi connectivity index (χ2v) is 19.8. The first-order chi connectivity index (χ1) is 35.1. The van der Waals surface area contributed by atoms with E-state index in [1.54, 1.807) is 0 Å². The van der Waals surface area contributed by atoms with E-state index in [0.29, 0.717) is 0 Å². The Morgan fingerprint density at radius 1 is 0.444 bits per heavy atom. The molecule has 2 heterocycles. The van der Waals surface area contributed by atoms with Gasteiger partial charge in [0.15, 0.2) is 0 Å². The number of rotatable bonds is 9. The second-order valence-electron chi connectivity index (χ2n) is 19.8. The van der Waals surface area contributed by atoms with Gasteiger partial charge in [0, 0.05) is 41.3 Å². The number of para-hydroxylation sites is 2. The lowest BCUT2D eigenvalue weighted by Gasteiger charge is -2.31. The Morgan fingerprint density at radius 2 is 0.819 bits per heavy atom. The third kappa shape index (κ3) is 12.2. The van der Waals surface area contributed by atoms with Gasteiger partial charge in [-0.05, 0) is 206 Å². The van der Waals surface area contributed by atoms with E-state index in [2.05, 4.69) is 235 Å². The summed E-state index contributed by atoms with van der Waals surface area (Å²) in [6.07, 6.45) is 25.3. The van der Waals surface area contributed by atoms with Crippen LogP contribution in [0.1, 0.15) is 140 Å². The Balaban J connectivity index is 0.000000384. The molecule has 0 bridgehead atoms. The molecular weight excluding hydrogens is 869 g/mol. The molecule has 0 atom stereocenters. The molecule has 7 aromatic rings. The van der Waals surface area contributed by atoms with Crippen LogP contribution in [-0.4, -0.2) is 13.1 Å². The van der Waals surface area contributed by atoms with Gasteiger partial charge in [0.1, 0.15) is 0 Å². The first-order valence-electron chi connectivity index (χ1n) is 26.9. The molecule has 2 aliphatic heterocycles. The summed E-state index contributed by atoms with van der Waals surface area (Å²) in [6.45, 7) is 23.9. The van der Waals surface area contributed by atoms with Crippen molar-refractivity contribution >= 4 is 47.1 Å². The summed E-state index contributed by atoms with van der Waals surface area (Å²) in [7, 11) is 0. The highest BCUT2D eigenvalue weighted by Gasteiger charge is 2.41. The molecule has 3 aliphatic rings. The lowest BCUT2D eigenvalue weighted by Crippen LogP contribution is -2.24. The van der Waals surface area contributed by atoms with E-state index < -0.39 is 0 Å². The van der Waals surface area contributed by atoms with Crippen LogP contribution in [0.15, 0.2) is 170 Å². The second kappa shape index (κ2) is 25.5. The molecule has 10 rings (SSSR count). The fourth-order valence-corrected chi connectivity index (χ4v) is 10.6. The predicted octanol–water partition coefficient (Wildman–Crippen LogP) is 19.8. The van der Waals surface area contributed by atoms with Crippen molar-refractivity contribution in [2.75, 3.05) is 22.9 Å². The smallest absolute Gasteiger partial charge is 0.0443 e. The van der Waals surface area contributed by atoms with Crippen LogP contribution >= 0.6 is 0 Å². The molecule has 0 radical (unpaired) electrons. The average Bonchev–Trinajstić information content (AvgIpc) is 3.67. The van der Waals surface area contributed by atoms with Gasteiger partial charge in [-0.1, -0.05) is 180 Å². The maximum atomic E-state index is 2.50. The molecule has 2 heteroatoms. The minimum atomic E-state index is -0.00396. The van der Waals surface area contributed by atoms with Gasteiger partial charge < -0.3 is 9.80 Å². The Kier molecular flexibility index (Phi) is 18.7. The van der Waals surface area contributed by atoms with Crippen LogP contribution in [0, 0.1) is 27.7 Å². The van der Waals surface area contributed by atoms with E-state index in [9.17, 15) is 0 Å². The third-order valence-electron chi connectivity index (χ3n) is 14.8. The van der Waals surface area contributed by atoms with Gasteiger partial charge in [-0.25, -0.2) is 0 Å². The Bertz CT molecular complexity index is 2790. The summed E-state index contributed by atoms with van der Waals surface area (Å²) in [5.41, 5.74) is 24.4. The lowest BCUT2D eigenvalue weighted by molar-refractivity contribution is 0.490. The molecule has 370 valence electrons. The van der Waals surface area contributed by atoms with Crippen LogP contribution < -0.4 is 9.80 Å². The molecule has 0 unspecified atom stereocenters. The summed E-state index contributed by atoms with van der Waals surface area (Å²) in [5.74, 6) is 0. The minimum Gasteiger partial charge on any atom is -0.341 e. The summed E-state index contributed by atoms with van der Waals surface area (Å²) < 4.78 is 0. The van der Waals surface area contributed by atoms with E-state index in [1.165, 1.54) is 133 Å². The molecule has 0 saturated heterocycles. The highest BCUT2D eigenvalue weighted by molar-refractivity contribution is 5.87. The highest BCUT2D eigenvalue weighted by Crippen LogP contribution is 2.54. The van der Waals surface area contributed by atoms with Gasteiger partial charge in [0.2, 0.25) is 0 Å². The van der Waals surface area contributed by atoms with Crippen molar-refractivity contribution in [3.05, 3.63) is 237 Å². The number of nitrogens with zero attached hydrogens (tertiary/aromatic N) is 2. The Labute approximate surface area is 435 Å². The van der Waals surface area contributed by atoms with Gasteiger partial charge in [0.05, 0.1) is 0 Å². The largest absolute Gasteiger partial charge is 0.341 e. The fourth-order valence-electron chi connectivity index (χ4n) is 10.6. The first kappa shape index (κ1) is 52.9. The molecule has 0 fully saturated rings. The zero-order valence-electron chi connectivity index (χ0n) is 45.2. The van der Waals surface area contributed by atoms with Crippen molar-refractivity contribution < 1.29 is 0 Å². The topological polar surface area (TPSA) is 6.48 Å². The summed E-state index contributed by atoms with van der Waals surface area (Å²) in [4.78, 5) is 4.94. The van der Waals surface area contributed by atoms with Crippen molar-refractivity contribution in [1.29, 1.82) is 0 Å². The normalized spacial score (nSPS) is 14.2. The molecule has 0 N–H and O–H groups in total. The van der Waals surface area contributed by atoms with Crippen LogP contribution in [0.2, 0.25) is 0 Å². The molecule has 72 heavy (non-hydrogen) atoms. The Hall–Kier alpha value is -6.90. The van der Waals surface area contributed by atoms with Gasteiger partial charge in [-0.3, -0.25) is 0 Å². The van der Waals surface area contributed by atoms with Crippen molar-refractivity contribution in [3.63, 3.8) is 0 Å². The SMILES string of the molecule is C/C=C\C=C/C.CCC.CCC1(CC)c2cc(/C=C/c3ccc(N4CCCc5ccccc54)cc3)c(C)cc2-c2cc(C)c(/C=C/c3ccc(N4CCCc5ccccc54)cc3)cc21.Cc1ccccc1C. The molecule has 0 amide bonds. The van der Waals surface area contributed by atoms with Crippen LogP contribution in [0.4, 0.5) is 22.7 Å². The monoisotopic (exact) mass is 949 g/mol. The van der Waals surface area contributed by atoms with E-state index in [4.69, 9.17) is 0 Å². The molecule has 0 saturated carbocycles. The van der Waals surface area contributed by atoms with E-state index in [-0.39, 0.29) is 5.41 Å². The first-order valence-corrected chi connectivity index (χ1v) is 26.9. The number of hydrogen-bond acceptors (Lipinski definition) is 2. The quantitative estimate of drug-likeness (QED) is 0.105. The third-order valence-corrected chi connectivity index (χ3v) is 14.8. The zero-order valence-corrected chi connectivity index (χ0v) is 45.2. The van der Waals surface area contributed by atoms with Crippen molar-refractivity contribution in [3.8, 4) is 11.1 Å². The molecule has 0 aromatic heterocycles. The summed E-state index contributed by atoms with van der Waals surface area (Å²) in [5, 5.41) is 0. The maximum absolute atomic E-state index is 2.50. The minimum absolute atomic E-state index is 0.00396. The number of fused-ring (bicyclic) bond motifs is 5. The van der Waals surface area contributed by atoms with Gasteiger partial charge in [-0.2, -0.15) is 0 Å². The van der Waals surface area contributed by atoms with E-state index in [0.717, 1.165) is 25.9 Å². The standard InChI is InChI=1S/C53H52N2.C8H10.C6H10.C3H8/c1-5-53(6-2)49-35-43(25-19-39-21-27-45(28-22-39)54-31-11-15-41-13-7-9-17-51(41)54)37(3)33-47(49)48-34-38(4)44(36-50(48)53)26-20-40-23-29-46(30-24-40)55-32-12-16-42-14-8-10-18-52(42)55;1-7-5-3-4-6-8(7)2;1-3-5-6-4-2;1-3-2/h7-10,13-14,17-30,33-36H,5-6,11-12,15-16,31-32H2,1-4H3;3-6H,1-2H3;3-6H,1-2H3;3H2,1-2H3/b25-19+,26-20+;;5-3-,6-4-;.